The molecule has 1 spiro atoms. The van der Waals surface area contributed by atoms with Crippen LogP contribution < -0.4 is 0 Å². The first kappa shape index (κ1) is 23.3. The van der Waals surface area contributed by atoms with Crippen LogP contribution in [0.25, 0.3) is 11.0 Å². The van der Waals surface area contributed by atoms with E-state index in [1.807, 2.05) is 24.3 Å². The zero-order chi connectivity index (χ0) is 24.2. The van der Waals surface area contributed by atoms with Crippen molar-refractivity contribution in [3.05, 3.63) is 36.9 Å². The summed E-state index contributed by atoms with van der Waals surface area (Å²) in [7, 11) is 0. The first-order chi connectivity index (χ1) is 16.3. The molecule has 0 radical (unpaired) electrons. The maximum atomic E-state index is 14.1. The number of β-amino-alcohol motifs (C(OH)–C–C–N with tert-alkyl or cyclic N) is 1. The van der Waals surface area contributed by atoms with E-state index in [4.69, 9.17) is 0 Å². The quantitative estimate of drug-likeness (QED) is 0.367. The summed E-state index contributed by atoms with van der Waals surface area (Å²) in [6.07, 6.45) is 2.10. The highest BCUT2D eigenvalue weighted by molar-refractivity contribution is 9.09. The van der Waals surface area contributed by atoms with Gasteiger partial charge in [0.25, 0.3) is 0 Å². The molecule has 2 N–H and O–H groups in total. The molecule has 10 nitrogen and oxygen atoms in total. The van der Waals surface area contributed by atoms with Gasteiger partial charge >= 0.3 is 5.97 Å². The third-order valence-corrected chi connectivity index (χ3v) is 10.3. The summed E-state index contributed by atoms with van der Waals surface area (Å²) in [5, 5.41) is 27.7. The van der Waals surface area contributed by atoms with Gasteiger partial charge < -0.3 is 20.0 Å². The summed E-state index contributed by atoms with van der Waals surface area (Å²) < 4.78 is 0.737. The molecule has 1 aromatic heterocycles. The van der Waals surface area contributed by atoms with Crippen molar-refractivity contribution in [2.75, 3.05) is 19.7 Å². The maximum Gasteiger partial charge on any atom is 0.308 e. The number of para-hydroxylation sites is 1. The van der Waals surface area contributed by atoms with Gasteiger partial charge in [0.15, 0.2) is 0 Å². The van der Waals surface area contributed by atoms with Crippen LogP contribution in [0.15, 0.2) is 36.9 Å². The fraction of sp³-hybridized carbons (Fsp3) is 0.500. The number of benzene rings is 1. The van der Waals surface area contributed by atoms with E-state index >= 15 is 0 Å². The number of hydrogen-bond donors (Lipinski definition) is 2. The zero-order valence-electron chi connectivity index (χ0n) is 18.2. The third-order valence-electron chi connectivity index (χ3n) is 7.04. The standard InChI is InChI=1S/C22H24BrN5O5S/c1-2-7-26(11-28-14-6-4-3-5-13(14)24-25-28)20(31)18-22-10-12(23)17(34-22)15(21(32)33)16(22)19(30)27(18)8-9-29/h2-6,12,15-18,29H,1,7-11H2,(H,32,33)/t12?,15-,16+,17-,18?,22?/m1/s1. The molecule has 2 amide bonds. The smallest absolute Gasteiger partial charge is 0.308 e. The predicted molar refractivity (Wildman–Crippen MR) is 128 cm³/mol. The normalized spacial score (nSPS) is 31.8. The molecule has 34 heavy (non-hydrogen) atoms. The summed E-state index contributed by atoms with van der Waals surface area (Å²) in [4.78, 5) is 42.5. The molecule has 2 aromatic rings. The Balaban J connectivity index is 1.54. The lowest BCUT2D eigenvalue weighted by atomic mass is 9.71. The van der Waals surface area contributed by atoms with Crippen molar-refractivity contribution >= 4 is 56.5 Å². The van der Waals surface area contributed by atoms with Crippen molar-refractivity contribution in [3.8, 4) is 0 Å². The summed E-state index contributed by atoms with van der Waals surface area (Å²) in [5.74, 6) is -3.42. The van der Waals surface area contributed by atoms with Crippen molar-refractivity contribution in [3.63, 3.8) is 0 Å². The Morgan fingerprint density at radius 1 is 1.38 bits per heavy atom. The second kappa shape index (κ2) is 8.65. The van der Waals surface area contributed by atoms with E-state index < -0.39 is 28.6 Å². The van der Waals surface area contributed by atoms with E-state index in [0.29, 0.717) is 11.9 Å². The molecule has 2 bridgehead atoms. The van der Waals surface area contributed by atoms with Gasteiger partial charge in [0.05, 0.1) is 28.7 Å². The number of likely N-dealkylation sites (tertiary alicyclic amines) is 1. The van der Waals surface area contributed by atoms with Gasteiger partial charge in [-0.05, 0) is 18.6 Å². The highest BCUT2D eigenvalue weighted by Gasteiger charge is 2.76. The maximum absolute atomic E-state index is 14.1. The number of carbonyl (C=O) groups excluding carboxylic acids is 2. The fourth-order valence-electron chi connectivity index (χ4n) is 5.77. The molecule has 3 unspecified atom stereocenters. The number of rotatable bonds is 8. The number of carboxylic acids is 1. The van der Waals surface area contributed by atoms with Gasteiger partial charge in [-0.3, -0.25) is 14.4 Å². The molecule has 3 aliphatic heterocycles. The summed E-state index contributed by atoms with van der Waals surface area (Å²) >= 11 is 5.04. The minimum atomic E-state index is -1.03. The molecule has 3 fully saturated rings. The number of thioether (sulfide) groups is 1. The lowest BCUT2D eigenvalue weighted by Gasteiger charge is -2.37. The van der Waals surface area contributed by atoms with E-state index in [9.17, 15) is 24.6 Å². The molecule has 1 aromatic carbocycles. The Morgan fingerprint density at radius 3 is 2.85 bits per heavy atom. The summed E-state index contributed by atoms with van der Waals surface area (Å²) in [5.41, 5.74) is 1.46. The zero-order valence-corrected chi connectivity index (χ0v) is 20.6. The van der Waals surface area contributed by atoms with Crippen LogP contribution in [0.3, 0.4) is 0 Å². The van der Waals surface area contributed by atoms with E-state index in [2.05, 4.69) is 32.8 Å². The highest BCUT2D eigenvalue weighted by Crippen LogP contribution is 2.67. The van der Waals surface area contributed by atoms with Crippen LogP contribution in [0.1, 0.15) is 6.42 Å². The number of carboxylic acid groups (broad SMARTS) is 1. The van der Waals surface area contributed by atoms with Crippen molar-refractivity contribution in [1.82, 2.24) is 24.8 Å². The number of aliphatic hydroxyl groups is 1. The van der Waals surface area contributed by atoms with Gasteiger partial charge in [0.2, 0.25) is 11.8 Å². The molecular formula is C22H24BrN5O5S. The Hall–Kier alpha value is -2.44. The molecule has 4 heterocycles. The molecule has 3 saturated heterocycles. The SMILES string of the molecule is C=CCN(Cn1nnc2ccccc21)C(=O)C1N(CCO)C(=O)[C@@H]2[C@@H](C(=O)O)[C@@H]3SC12CC3Br. The summed E-state index contributed by atoms with van der Waals surface area (Å²) in [6.45, 7) is 3.73. The second-order valence-corrected chi connectivity index (χ2v) is 11.5. The van der Waals surface area contributed by atoms with Crippen molar-refractivity contribution in [1.29, 1.82) is 0 Å². The van der Waals surface area contributed by atoms with E-state index in [0.717, 1.165) is 5.52 Å². The summed E-state index contributed by atoms with van der Waals surface area (Å²) in [6, 6.07) is 6.51. The number of amides is 2. The second-order valence-electron chi connectivity index (χ2n) is 8.83. The average molecular weight is 550 g/mol. The molecule has 180 valence electrons. The van der Waals surface area contributed by atoms with E-state index in [-0.39, 0.29) is 48.3 Å². The largest absolute Gasteiger partial charge is 0.481 e. The first-order valence-corrected chi connectivity index (χ1v) is 12.8. The number of carbonyl (C=O) groups is 3. The van der Waals surface area contributed by atoms with Crippen LogP contribution in [0.5, 0.6) is 0 Å². The van der Waals surface area contributed by atoms with Crippen LogP contribution in [-0.2, 0) is 21.1 Å². The number of nitrogens with zero attached hydrogens (tertiary/aromatic N) is 5. The number of hydrogen-bond acceptors (Lipinski definition) is 7. The van der Waals surface area contributed by atoms with Gasteiger partial charge in [0.1, 0.15) is 18.2 Å². The van der Waals surface area contributed by atoms with Crippen molar-refractivity contribution < 1.29 is 24.6 Å². The van der Waals surface area contributed by atoms with Crippen LogP contribution in [0.4, 0.5) is 0 Å². The Bertz CT molecular complexity index is 1180. The van der Waals surface area contributed by atoms with E-state index in [1.54, 1.807) is 15.7 Å². The fourth-order valence-corrected chi connectivity index (χ4v) is 9.37. The Kier molecular flexibility index (Phi) is 5.93. The number of aliphatic hydroxyl groups excluding tert-OH is 1. The van der Waals surface area contributed by atoms with Crippen molar-refractivity contribution in [2.24, 2.45) is 11.8 Å². The molecular weight excluding hydrogens is 526 g/mol. The Labute approximate surface area is 208 Å². The molecule has 12 heteroatoms. The Morgan fingerprint density at radius 2 is 2.15 bits per heavy atom. The monoisotopic (exact) mass is 549 g/mol. The van der Waals surface area contributed by atoms with E-state index in [1.165, 1.54) is 16.7 Å². The number of aromatic nitrogens is 3. The number of fused-ring (bicyclic) bond motifs is 2. The number of halogens is 1. The van der Waals surface area contributed by atoms with Gasteiger partial charge in [-0.2, -0.15) is 0 Å². The number of aliphatic carboxylic acids is 1. The van der Waals surface area contributed by atoms with Gasteiger partial charge in [-0.15, -0.1) is 23.4 Å². The minimum absolute atomic E-state index is 0.0355. The lowest BCUT2D eigenvalue weighted by molar-refractivity contribution is -0.148. The minimum Gasteiger partial charge on any atom is -0.481 e. The molecule has 0 saturated carbocycles. The number of alkyl halides is 1. The lowest BCUT2D eigenvalue weighted by Crippen LogP contribution is -2.55. The molecule has 3 aliphatic rings. The van der Waals surface area contributed by atoms with Crippen LogP contribution in [0.2, 0.25) is 0 Å². The average Bonchev–Trinajstić information content (AvgIpc) is 3.51. The van der Waals surface area contributed by atoms with Gasteiger partial charge in [-0.1, -0.05) is 39.4 Å². The molecule has 6 atom stereocenters. The highest BCUT2D eigenvalue weighted by atomic mass is 79.9. The van der Waals surface area contributed by atoms with Crippen LogP contribution in [0, 0.1) is 11.8 Å². The predicted octanol–water partition coefficient (Wildman–Crippen LogP) is 0.945. The first-order valence-electron chi connectivity index (χ1n) is 11.0. The van der Waals surface area contributed by atoms with Crippen LogP contribution >= 0.6 is 27.7 Å². The van der Waals surface area contributed by atoms with Gasteiger partial charge in [-0.25, -0.2) is 4.68 Å². The topological polar surface area (TPSA) is 129 Å². The molecule has 0 aliphatic carbocycles. The van der Waals surface area contributed by atoms with Crippen molar-refractivity contribution in [2.45, 2.75) is 34.0 Å². The van der Waals surface area contributed by atoms with Crippen LogP contribution in [-0.4, -0.2) is 93.4 Å². The molecule has 5 rings (SSSR count). The third kappa shape index (κ3) is 3.29. The van der Waals surface area contributed by atoms with Gasteiger partial charge in [0, 0.05) is 23.2 Å².